The summed E-state index contributed by atoms with van der Waals surface area (Å²) in [7, 11) is 1.49. The Hall–Kier alpha value is -3.26. The van der Waals surface area contributed by atoms with Gasteiger partial charge in [0.25, 0.3) is 5.91 Å². The fraction of sp³-hybridized carbons (Fsp3) is 0.318. The monoisotopic (exact) mass is 447 g/mol. The van der Waals surface area contributed by atoms with Crippen LogP contribution in [0.1, 0.15) is 24.2 Å². The number of amides is 3. The van der Waals surface area contributed by atoms with Crippen molar-refractivity contribution in [3.05, 3.63) is 53.1 Å². The second kappa shape index (κ2) is 11.8. The predicted octanol–water partition coefficient (Wildman–Crippen LogP) is 2.96. The van der Waals surface area contributed by atoms with Gasteiger partial charge >= 0.3 is 0 Å². The number of halogens is 1. The lowest BCUT2D eigenvalue weighted by Gasteiger charge is -2.17. The molecule has 0 spiro atoms. The first-order valence-electron chi connectivity index (χ1n) is 9.81. The first kappa shape index (κ1) is 24.0. The highest BCUT2D eigenvalue weighted by Gasteiger charge is 2.16. The first-order valence-corrected chi connectivity index (χ1v) is 10.2. The minimum absolute atomic E-state index is 0.158. The molecule has 2 aromatic carbocycles. The molecule has 0 aliphatic heterocycles. The SMILES string of the molecule is CCOc1ccc(C(=O)NCC(=O)N(C)CC(=O)Nc2ccc(Cl)cc2)cc1OCC. The number of rotatable bonds is 10. The van der Waals surface area contributed by atoms with Gasteiger partial charge in [0.1, 0.15) is 0 Å². The Labute approximate surface area is 186 Å². The molecule has 0 saturated heterocycles. The van der Waals surface area contributed by atoms with Gasteiger partial charge in [-0.05, 0) is 56.3 Å². The van der Waals surface area contributed by atoms with E-state index in [0.29, 0.717) is 41.0 Å². The number of benzene rings is 2. The molecule has 0 aromatic heterocycles. The van der Waals surface area contributed by atoms with Crippen LogP contribution < -0.4 is 20.1 Å². The molecule has 0 radical (unpaired) electrons. The van der Waals surface area contributed by atoms with E-state index >= 15 is 0 Å². The highest BCUT2D eigenvalue weighted by Crippen LogP contribution is 2.28. The van der Waals surface area contributed by atoms with Crippen LogP contribution in [0, 0.1) is 0 Å². The standard InChI is InChI=1S/C22H26ClN3O5/c1-4-30-18-11-6-15(12-19(18)31-5-2)22(29)24-13-21(28)26(3)14-20(27)25-17-9-7-16(23)8-10-17/h6-12H,4-5,13-14H2,1-3H3,(H,24,29)(H,25,27). The summed E-state index contributed by atoms with van der Waals surface area (Å²) in [5, 5.41) is 5.79. The van der Waals surface area contributed by atoms with Crippen molar-refractivity contribution in [2.24, 2.45) is 0 Å². The molecule has 166 valence electrons. The molecule has 0 bridgehead atoms. The van der Waals surface area contributed by atoms with Crippen molar-refractivity contribution in [3.8, 4) is 11.5 Å². The molecule has 0 fully saturated rings. The molecule has 0 saturated carbocycles. The van der Waals surface area contributed by atoms with Gasteiger partial charge in [0, 0.05) is 23.3 Å². The third-order valence-corrected chi connectivity index (χ3v) is 4.39. The van der Waals surface area contributed by atoms with Gasteiger partial charge in [-0.1, -0.05) is 11.6 Å². The van der Waals surface area contributed by atoms with Crippen molar-refractivity contribution >= 4 is 35.0 Å². The molecule has 3 amide bonds. The normalized spacial score (nSPS) is 10.2. The Morgan fingerprint density at radius 3 is 2.26 bits per heavy atom. The zero-order chi connectivity index (χ0) is 22.8. The van der Waals surface area contributed by atoms with E-state index in [2.05, 4.69) is 10.6 Å². The van der Waals surface area contributed by atoms with Crippen LogP contribution in [0.25, 0.3) is 0 Å². The lowest BCUT2D eigenvalue weighted by atomic mass is 10.2. The molecular formula is C22H26ClN3O5. The lowest BCUT2D eigenvalue weighted by molar-refractivity contribution is -0.132. The molecule has 0 aliphatic rings. The molecular weight excluding hydrogens is 422 g/mol. The number of carbonyl (C=O) groups is 3. The quantitative estimate of drug-likeness (QED) is 0.583. The predicted molar refractivity (Wildman–Crippen MR) is 119 cm³/mol. The van der Waals surface area contributed by atoms with Crippen LogP contribution in [0.3, 0.4) is 0 Å². The van der Waals surface area contributed by atoms with Gasteiger partial charge in [-0.25, -0.2) is 0 Å². The zero-order valence-electron chi connectivity index (χ0n) is 17.7. The van der Waals surface area contributed by atoms with E-state index in [9.17, 15) is 14.4 Å². The third-order valence-electron chi connectivity index (χ3n) is 4.14. The minimum Gasteiger partial charge on any atom is -0.490 e. The van der Waals surface area contributed by atoms with Crippen molar-refractivity contribution in [1.82, 2.24) is 10.2 Å². The number of anilines is 1. The number of nitrogens with one attached hydrogen (secondary N) is 2. The topological polar surface area (TPSA) is 97.0 Å². The van der Waals surface area contributed by atoms with Gasteiger partial charge in [0.15, 0.2) is 11.5 Å². The second-order valence-corrected chi connectivity index (χ2v) is 6.95. The van der Waals surface area contributed by atoms with Crippen LogP contribution in [0.5, 0.6) is 11.5 Å². The maximum absolute atomic E-state index is 12.4. The van der Waals surface area contributed by atoms with Crippen LogP contribution in [0.2, 0.25) is 5.02 Å². The lowest BCUT2D eigenvalue weighted by Crippen LogP contribution is -2.41. The second-order valence-electron chi connectivity index (χ2n) is 6.52. The van der Waals surface area contributed by atoms with Gasteiger partial charge < -0.3 is 25.0 Å². The molecule has 9 heteroatoms. The van der Waals surface area contributed by atoms with Crippen LogP contribution in [0.15, 0.2) is 42.5 Å². The molecule has 0 unspecified atom stereocenters. The molecule has 0 aliphatic carbocycles. The molecule has 8 nitrogen and oxygen atoms in total. The summed E-state index contributed by atoms with van der Waals surface area (Å²) in [5.74, 6) is -0.202. The summed E-state index contributed by atoms with van der Waals surface area (Å²) >= 11 is 5.81. The van der Waals surface area contributed by atoms with Gasteiger partial charge in [-0.3, -0.25) is 14.4 Å². The molecule has 0 atom stereocenters. The van der Waals surface area contributed by atoms with Gasteiger partial charge in [0.05, 0.1) is 26.3 Å². The number of ether oxygens (including phenoxy) is 2. The van der Waals surface area contributed by atoms with Crippen molar-refractivity contribution in [2.75, 3.05) is 38.7 Å². The molecule has 2 aromatic rings. The maximum Gasteiger partial charge on any atom is 0.251 e. The molecule has 2 N–H and O–H groups in total. The van der Waals surface area contributed by atoms with Crippen LogP contribution in [-0.4, -0.2) is 56.0 Å². The van der Waals surface area contributed by atoms with E-state index in [4.69, 9.17) is 21.1 Å². The van der Waals surface area contributed by atoms with Crippen molar-refractivity contribution in [2.45, 2.75) is 13.8 Å². The average molecular weight is 448 g/mol. The van der Waals surface area contributed by atoms with E-state index in [-0.39, 0.29) is 19.0 Å². The van der Waals surface area contributed by atoms with Crippen molar-refractivity contribution in [3.63, 3.8) is 0 Å². The molecule has 31 heavy (non-hydrogen) atoms. The zero-order valence-corrected chi connectivity index (χ0v) is 18.5. The van der Waals surface area contributed by atoms with E-state index in [0.717, 1.165) is 0 Å². The van der Waals surface area contributed by atoms with Crippen molar-refractivity contribution in [1.29, 1.82) is 0 Å². The Kier molecular flexibility index (Phi) is 9.14. The van der Waals surface area contributed by atoms with Gasteiger partial charge in [-0.2, -0.15) is 0 Å². The van der Waals surface area contributed by atoms with Crippen LogP contribution in [-0.2, 0) is 9.59 Å². The van der Waals surface area contributed by atoms with E-state index < -0.39 is 11.8 Å². The number of hydrogen-bond donors (Lipinski definition) is 2. The average Bonchev–Trinajstić information content (AvgIpc) is 2.74. The smallest absolute Gasteiger partial charge is 0.251 e. The minimum atomic E-state index is -0.434. The van der Waals surface area contributed by atoms with Gasteiger partial charge in [0.2, 0.25) is 11.8 Å². The van der Waals surface area contributed by atoms with Crippen LogP contribution >= 0.6 is 11.6 Å². The van der Waals surface area contributed by atoms with Crippen LogP contribution in [0.4, 0.5) is 5.69 Å². The Bertz CT molecular complexity index is 918. The number of nitrogens with zero attached hydrogens (tertiary/aromatic N) is 1. The molecule has 0 heterocycles. The highest BCUT2D eigenvalue weighted by atomic mass is 35.5. The fourth-order valence-electron chi connectivity index (χ4n) is 2.62. The largest absolute Gasteiger partial charge is 0.490 e. The van der Waals surface area contributed by atoms with Crippen molar-refractivity contribution < 1.29 is 23.9 Å². The summed E-state index contributed by atoms with van der Waals surface area (Å²) < 4.78 is 11.0. The number of carbonyl (C=O) groups excluding carboxylic acids is 3. The summed E-state index contributed by atoms with van der Waals surface area (Å²) in [6.07, 6.45) is 0. The van der Waals surface area contributed by atoms with E-state index in [1.165, 1.54) is 11.9 Å². The first-order chi connectivity index (χ1) is 14.8. The number of likely N-dealkylation sites (N-methyl/N-ethyl adjacent to an activating group) is 1. The summed E-state index contributed by atoms with van der Waals surface area (Å²) in [6, 6.07) is 11.4. The highest BCUT2D eigenvalue weighted by molar-refractivity contribution is 6.30. The Morgan fingerprint density at radius 2 is 1.61 bits per heavy atom. The number of hydrogen-bond acceptors (Lipinski definition) is 5. The van der Waals surface area contributed by atoms with E-state index in [1.807, 2.05) is 13.8 Å². The maximum atomic E-state index is 12.4. The Balaban J connectivity index is 1.87. The molecule has 2 rings (SSSR count). The summed E-state index contributed by atoms with van der Waals surface area (Å²) in [5.41, 5.74) is 0.909. The third kappa shape index (κ3) is 7.49. The summed E-state index contributed by atoms with van der Waals surface area (Å²) in [6.45, 7) is 4.18. The summed E-state index contributed by atoms with van der Waals surface area (Å²) in [4.78, 5) is 38.0. The fourth-order valence-corrected chi connectivity index (χ4v) is 2.75. The Morgan fingerprint density at radius 1 is 0.968 bits per heavy atom. The van der Waals surface area contributed by atoms with Gasteiger partial charge in [-0.15, -0.1) is 0 Å². The van der Waals surface area contributed by atoms with E-state index in [1.54, 1.807) is 42.5 Å².